The number of aliphatic imine (C=N–C) groups is 3. The van der Waals surface area contributed by atoms with Gasteiger partial charge in [0, 0.05) is 31.1 Å². The zero-order valence-corrected chi connectivity index (χ0v) is 40.7. The minimum atomic E-state index is -1.59. The van der Waals surface area contributed by atoms with Gasteiger partial charge in [-0.05, 0) is 51.4 Å². The number of hydrogen-bond acceptors (Lipinski definition) is 16. The summed E-state index contributed by atoms with van der Waals surface area (Å²) in [4.78, 5) is 129. The molecule has 0 saturated heterocycles. The minimum absolute atomic E-state index is 0.0351. The van der Waals surface area contributed by atoms with E-state index < -0.39 is 121 Å². The Bertz CT molecular complexity index is 1820. The van der Waals surface area contributed by atoms with Gasteiger partial charge >= 0.3 is 5.97 Å². The molecule has 0 bridgehead atoms. The molecule has 0 spiro atoms. The van der Waals surface area contributed by atoms with Crippen molar-refractivity contribution in [3.05, 3.63) is 0 Å². The van der Waals surface area contributed by atoms with Crippen LogP contribution in [0.4, 0.5) is 0 Å². The second-order valence-corrected chi connectivity index (χ2v) is 16.3. The first-order chi connectivity index (χ1) is 32.4. The number of hydrogen-bond donors (Lipinski definition) is 19. The number of rotatable bonds is 34. The van der Waals surface area contributed by atoms with Gasteiger partial charge in [-0.25, -0.2) is 0 Å². The number of aliphatic hydroxyl groups excluding tert-OH is 1. The van der Waals surface area contributed by atoms with Gasteiger partial charge in [-0.2, -0.15) is 25.3 Å². The molecular formula is C38H72N18O11S2. The standard InChI is InChI=1S/C38H72N18O11S2/c1-4-18(2)27(56-30(61)22(10-7-13-48-38(44)45)52-28(59)20(39)8-5-11-46-36(40)41)34(65)49-14-26(58)51-21(9-6-12-47-37(42)43)29(60)54-25(17-69)33(64)55-24(16-68)32(63)53-23(15-57)31(62)50-19(3)35(66)67/h18-25,27,57,68-69H,4-17,39H2,1-3H3,(H,49,65)(H,50,62)(H,51,58)(H,52,59)(H,53,63)(H,54,60)(H,55,64)(H,56,61)(H,66,67)(H4,40,41,46)(H4,42,43,47)(H4,44,45,48)/t18-,19-,20-,21-,22-,23-,24-,25-,27-/m0/s1. The van der Waals surface area contributed by atoms with Crippen molar-refractivity contribution in [2.24, 2.45) is 61.0 Å². The molecule has 0 aromatic carbocycles. The first-order valence-electron chi connectivity index (χ1n) is 21.8. The van der Waals surface area contributed by atoms with E-state index in [1.165, 1.54) is 0 Å². The summed E-state index contributed by atoms with van der Waals surface area (Å²) >= 11 is 8.22. The SMILES string of the molecule is CC[C@H](C)[C@H](NC(=O)[C@H](CCCN=C(N)N)NC(=O)[C@@H](N)CCCN=C(N)N)C(=O)NCC(=O)N[C@@H](CCCN=C(N)N)C(=O)N[C@@H](CS)C(=O)N[C@@H](CS)C(=O)N[C@@H](CO)C(=O)N[C@@H](C)C(=O)O. The fourth-order valence-electron chi connectivity index (χ4n) is 5.73. The van der Waals surface area contributed by atoms with Gasteiger partial charge in [0.2, 0.25) is 47.3 Å². The van der Waals surface area contributed by atoms with E-state index in [2.05, 4.69) is 82.8 Å². The van der Waals surface area contributed by atoms with Gasteiger partial charge in [-0.3, -0.25) is 58.1 Å². The monoisotopic (exact) mass is 1020 g/mol. The van der Waals surface area contributed by atoms with Crippen LogP contribution in [0.1, 0.15) is 65.7 Å². The second kappa shape index (κ2) is 34.0. The highest BCUT2D eigenvalue weighted by Crippen LogP contribution is 2.10. The number of carboxylic acid groups (broad SMARTS) is 1. The molecule has 0 heterocycles. The van der Waals surface area contributed by atoms with Crippen LogP contribution in [0.3, 0.4) is 0 Å². The van der Waals surface area contributed by atoms with E-state index in [1.54, 1.807) is 13.8 Å². The van der Waals surface area contributed by atoms with Gasteiger partial charge in [0.25, 0.3) is 0 Å². The van der Waals surface area contributed by atoms with Crippen molar-refractivity contribution >= 4 is 96.4 Å². The Balaban J connectivity index is 6.07. The van der Waals surface area contributed by atoms with Gasteiger partial charge < -0.3 is 92.9 Å². The Labute approximate surface area is 410 Å². The van der Waals surface area contributed by atoms with Gasteiger partial charge in [0.1, 0.15) is 42.3 Å². The fourth-order valence-corrected chi connectivity index (χ4v) is 6.24. The van der Waals surface area contributed by atoms with Crippen LogP contribution in [-0.2, 0) is 43.2 Å². The van der Waals surface area contributed by atoms with E-state index >= 15 is 0 Å². The number of carboxylic acids is 1. The molecule has 31 heteroatoms. The van der Waals surface area contributed by atoms with Crippen molar-refractivity contribution in [3.63, 3.8) is 0 Å². The highest BCUT2D eigenvalue weighted by molar-refractivity contribution is 7.80. The van der Waals surface area contributed by atoms with E-state index in [0.717, 1.165) is 6.92 Å². The van der Waals surface area contributed by atoms with E-state index in [0.29, 0.717) is 12.8 Å². The van der Waals surface area contributed by atoms with Crippen molar-refractivity contribution in [2.45, 2.75) is 114 Å². The summed E-state index contributed by atoms with van der Waals surface area (Å²) in [6.07, 6.45) is 1.28. The summed E-state index contributed by atoms with van der Waals surface area (Å²) in [5.74, 6) is -9.93. The smallest absolute Gasteiger partial charge is 0.325 e. The molecule has 0 radical (unpaired) electrons. The maximum Gasteiger partial charge on any atom is 0.325 e. The lowest BCUT2D eigenvalue weighted by Crippen LogP contribution is -2.60. The predicted molar refractivity (Wildman–Crippen MR) is 262 cm³/mol. The maximum atomic E-state index is 13.7. The molecular weight excluding hydrogens is 949 g/mol. The van der Waals surface area contributed by atoms with Crippen molar-refractivity contribution in [3.8, 4) is 0 Å². The van der Waals surface area contributed by atoms with Gasteiger partial charge in [0.05, 0.1) is 19.2 Å². The molecule has 0 aliphatic rings. The average Bonchev–Trinajstić information content (AvgIpc) is 3.29. The van der Waals surface area contributed by atoms with Crippen LogP contribution in [0.5, 0.6) is 0 Å². The number of thiol groups is 2. The molecule has 0 saturated carbocycles. The molecule has 0 rings (SSSR count). The Kier molecular flexibility index (Phi) is 30.9. The number of nitrogens with zero attached hydrogens (tertiary/aromatic N) is 3. The fraction of sp³-hybridized carbons (Fsp3) is 0.684. The number of nitrogens with two attached hydrogens (primary N) is 7. The van der Waals surface area contributed by atoms with E-state index in [-0.39, 0.29) is 81.1 Å². The van der Waals surface area contributed by atoms with Crippen molar-refractivity contribution in [1.82, 2.24) is 42.5 Å². The second-order valence-electron chi connectivity index (χ2n) is 15.5. The lowest BCUT2D eigenvalue weighted by Gasteiger charge is -2.27. The number of carbonyl (C=O) groups excluding carboxylic acids is 8. The molecule has 0 aliphatic carbocycles. The molecule has 29 nitrogen and oxygen atoms in total. The van der Waals surface area contributed by atoms with Crippen molar-refractivity contribution in [2.75, 3.05) is 44.3 Å². The molecule has 24 N–H and O–H groups in total. The lowest BCUT2D eigenvalue weighted by atomic mass is 9.97. The van der Waals surface area contributed by atoms with Gasteiger partial charge in [-0.15, -0.1) is 0 Å². The van der Waals surface area contributed by atoms with E-state index in [4.69, 9.17) is 45.2 Å². The van der Waals surface area contributed by atoms with Crippen molar-refractivity contribution in [1.29, 1.82) is 0 Å². The van der Waals surface area contributed by atoms with Crippen LogP contribution >= 0.6 is 25.3 Å². The molecule has 0 fully saturated rings. The molecule has 0 aromatic heterocycles. The Hall–Kier alpha value is -6.34. The topological polar surface area (TPSA) is 510 Å². The summed E-state index contributed by atoms with van der Waals surface area (Å²) in [6, 6.07) is -10.6. The quantitative estimate of drug-likeness (QED) is 0.0123. The zero-order chi connectivity index (χ0) is 52.8. The molecule has 8 amide bonds. The normalized spacial score (nSPS) is 14.7. The number of amides is 8. The molecule has 0 aromatic rings. The zero-order valence-electron chi connectivity index (χ0n) is 38.9. The Morgan fingerprint density at radius 3 is 1.35 bits per heavy atom. The van der Waals surface area contributed by atoms with E-state index in [9.17, 15) is 48.3 Å². The summed E-state index contributed by atoms with van der Waals surface area (Å²) in [5, 5.41) is 38.0. The number of aliphatic carboxylic acids is 1. The van der Waals surface area contributed by atoms with Crippen LogP contribution in [0, 0.1) is 5.92 Å². The van der Waals surface area contributed by atoms with Crippen LogP contribution in [0.15, 0.2) is 15.0 Å². The largest absolute Gasteiger partial charge is 0.480 e. The summed E-state index contributed by atoms with van der Waals surface area (Å²) < 4.78 is 0. The number of carbonyl (C=O) groups is 9. The average molecular weight is 1020 g/mol. The van der Waals surface area contributed by atoms with Crippen LogP contribution in [0.25, 0.3) is 0 Å². The number of guanidine groups is 3. The summed E-state index contributed by atoms with van der Waals surface area (Å²) in [6.45, 7) is 3.36. The number of aliphatic hydroxyl groups is 1. The van der Waals surface area contributed by atoms with Crippen LogP contribution in [-0.4, -0.2) is 174 Å². The van der Waals surface area contributed by atoms with Gasteiger partial charge in [-0.1, -0.05) is 20.3 Å². The first kappa shape index (κ1) is 62.7. The third-order valence-electron chi connectivity index (χ3n) is 9.87. The molecule has 9 atom stereocenters. The third kappa shape index (κ3) is 26.1. The molecule has 69 heavy (non-hydrogen) atoms. The summed E-state index contributed by atoms with van der Waals surface area (Å²) in [5.41, 5.74) is 38.4. The molecule has 392 valence electrons. The van der Waals surface area contributed by atoms with Crippen LogP contribution < -0.4 is 82.7 Å². The highest BCUT2D eigenvalue weighted by atomic mass is 32.1. The lowest BCUT2D eigenvalue weighted by molar-refractivity contribution is -0.142. The number of nitrogens with one attached hydrogen (secondary N) is 8. The van der Waals surface area contributed by atoms with Crippen molar-refractivity contribution < 1.29 is 53.4 Å². The highest BCUT2D eigenvalue weighted by Gasteiger charge is 2.33. The van der Waals surface area contributed by atoms with Gasteiger partial charge in [0.15, 0.2) is 17.9 Å². The predicted octanol–water partition coefficient (Wildman–Crippen LogP) is -8.01. The minimum Gasteiger partial charge on any atom is -0.480 e. The summed E-state index contributed by atoms with van der Waals surface area (Å²) in [7, 11) is 0. The molecule has 0 unspecified atom stereocenters. The van der Waals surface area contributed by atoms with Crippen LogP contribution in [0.2, 0.25) is 0 Å². The Morgan fingerprint density at radius 2 is 0.928 bits per heavy atom. The maximum absolute atomic E-state index is 13.7. The first-order valence-corrected chi connectivity index (χ1v) is 23.0. The van der Waals surface area contributed by atoms with E-state index in [1.807, 2.05) is 0 Å². The molecule has 0 aliphatic heterocycles. The third-order valence-corrected chi connectivity index (χ3v) is 10.6. The Morgan fingerprint density at radius 1 is 0.536 bits per heavy atom.